The topological polar surface area (TPSA) is 132 Å². The zero-order chi connectivity index (χ0) is 25.5. The molecule has 1 aliphatic heterocycles. The third kappa shape index (κ3) is 4.87. The van der Waals surface area contributed by atoms with Crippen molar-refractivity contribution in [3.05, 3.63) is 39.4 Å². The normalized spacial score (nSPS) is 21.1. The van der Waals surface area contributed by atoms with Crippen LogP contribution in [0.4, 0.5) is 18.9 Å². The van der Waals surface area contributed by atoms with Crippen molar-refractivity contribution >= 4 is 28.5 Å². The maximum Gasteiger partial charge on any atom is 0.341 e. The largest absolute Gasteiger partial charge is 0.479 e. The average Bonchev–Trinajstić information content (AvgIpc) is 3.56. The zero-order valence-electron chi connectivity index (χ0n) is 18.8. The standard InChI is InChI=1S/C19H20F3N3O3.C3H6O3/c1-8-5-24(6-9(2)23-8)17-14(21)13(20)12-16(15(17)22)25(10-3-4-10)7-11(18(12)26)19(27)28;1-2(4)3(5)6/h7-10,23H,3-6H2,1-2H3,(H,27,28);2,4H,1H3,(H,5,6)/t8-,9+;. The van der Waals surface area contributed by atoms with Crippen molar-refractivity contribution in [3.63, 3.8) is 0 Å². The number of aliphatic carboxylic acids is 1. The molecule has 0 radical (unpaired) electrons. The molecule has 9 nitrogen and oxygen atoms in total. The number of carbonyl (C=O) groups is 2. The minimum Gasteiger partial charge on any atom is -0.479 e. The lowest BCUT2D eigenvalue weighted by Gasteiger charge is -2.38. The molecule has 4 rings (SSSR count). The Morgan fingerprint density at radius 1 is 1.06 bits per heavy atom. The van der Waals surface area contributed by atoms with Gasteiger partial charge in [-0.3, -0.25) is 4.79 Å². The molecular formula is C22H26F3N3O6. The lowest BCUT2D eigenvalue weighted by atomic mass is 10.1. The Bertz CT molecular complexity index is 1190. The van der Waals surface area contributed by atoms with Crippen molar-refractivity contribution in [1.82, 2.24) is 9.88 Å². The number of nitrogens with zero attached hydrogens (tertiary/aromatic N) is 2. The lowest BCUT2D eigenvalue weighted by molar-refractivity contribution is -0.145. The molecule has 1 saturated heterocycles. The summed E-state index contributed by atoms with van der Waals surface area (Å²) >= 11 is 0. The molecule has 2 heterocycles. The number of hydrogen-bond donors (Lipinski definition) is 4. The summed E-state index contributed by atoms with van der Waals surface area (Å²) in [7, 11) is 0. The first-order valence-electron chi connectivity index (χ1n) is 10.8. The summed E-state index contributed by atoms with van der Waals surface area (Å²) in [6.07, 6.45) is 1.10. The van der Waals surface area contributed by atoms with Crippen molar-refractivity contribution in [2.75, 3.05) is 18.0 Å². The Morgan fingerprint density at radius 2 is 1.59 bits per heavy atom. The van der Waals surface area contributed by atoms with Crippen LogP contribution in [-0.2, 0) is 4.79 Å². The van der Waals surface area contributed by atoms with Crippen LogP contribution < -0.4 is 15.6 Å². The smallest absolute Gasteiger partial charge is 0.341 e. The van der Waals surface area contributed by atoms with Crippen LogP contribution in [0.15, 0.2) is 11.0 Å². The quantitative estimate of drug-likeness (QED) is 0.484. The van der Waals surface area contributed by atoms with Crippen LogP contribution in [-0.4, -0.2) is 63.1 Å². The van der Waals surface area contributed by atoms with Gasteiger partial charge in [-0.15, -0.1) is 0 Å². The third-order valence-corrected chi connectivity index (χ3v) is 5.67. The molecule has 12 heteroatoms. The molecule has 3 atom stereocenters. The molecule has 1 saturated carbocycles. The highest BCUT2D eigenvalue weighted by Gasteiger charge is 2.35. The molecule has 34 heavy (non-hydrogen) atoms. The van der Waals surface area contributed by atoms with E-state index in [9.17, 15) is 28.3 Å². The number of aromatic nitrogens is 1. The Kier molecular flexibility index (Phi) is 7.22. The van der Waals surface area contributed by atoms with Crippen LogP contribution in [0.25, 0.3) is 10.9 Å². The number of benzene rings is 1. The molecule has 1 unspecified atom stereocenters. The number of aliphatic hydroxyl groups is 1. The molecule has 186 valence electrons. The maximum absolute atomic E-state index is 15.5. The Labute approximate surface area is 192 Å². The van der Waals surface area contributed by atoms with Gasteiger partial charge in [0.05, 0.1) is 10.9 Å². The van der Waals surface area contributed by atoms with E-state index in [0.717, 1.165) is 6.20 Å². The lowest BCUT2D eigenvalue weighted by Crippen LogP contribution is -2.54. The molecule has 2 fully saturated rings. The number of halogens is 3. The first-order chi connectivity index (χ1) is 15.8. The van der Waals surface area contributed by atoms with Crippen molar-refractivity contribution in [1.29, 1.82) is 0 Å². The molecule has 1 aromatic carbocycles. The number of carboxylic acids is 2. The highest BCUT2D eigenvalue weighted by atomic mass is 19.2. The van der Waals surface area contributed by atoms with Crippen LogP contribution in [0, 0.1) is 17.5 Å². The van der Waals surface area contributed by atoms with Crippen molar-refractivity contribution in [2.24, 2.45) is 0 Å². The van der Waals surface area contributed by atoms with Crippen molar-refractivity contribution in [2.45, 2.75) is 57.8 Å². The Hall–Kier alpha value is -3.12. The van der Waals surface area contributed by atoms with E-state index in [4.69, 9.17) is 10.2 Å². The van der Waals surface area contributed by atoms with Gasteiger partial charge in [0.15, 0.2) is 17.5 Å². The van der Waals surface area contributed by atoms with E-state index in [1.54, 1.807) is 0 Å². The predicted molar refractivity (Wildman–Crippen MR) is 117 cm³/mol. The summed E-state index contributed by atoms with van der Waals surface area (Å²) in [5.74, 6) is -6.75. The van der Waals surface area contributed by atoms with Gasteiger partial charge in [-0.05, 0) is 33.6 Å². The number of rotatable bonds is 4. The van der Waals surface area contributed by atoms with Crippen molar-refractivity contribution in [3.8, 4) is 0 Å². The second-order valence-corrected chi connectivity index (χ2v) is 8.72. The first-order valence-corrected chi connectivity index (χ1v) is 10.8. The second-order valence-electron chi connectivity index (χ2n) is 8.72. The molecule has 1 aliphatic carbocycles. The molecule has 1 aromatic heterocycles. The molecule has 2 aliphatic rings. The van der Waals surface area contributed by atoms with Gasteiger partial charge in [-0.1, -0.05) is 0 Å². The van der Waals surface area contributed by atoms with E-state index in [2.05, 4.69) is 5.32 Å². The number of hydrogen-bond acceptors (Lipinski definition) is 6. The molecule has 0 amide bonds. The second kappa shape index (κ2) is 9.63. The summed E-state index contributed by atoms with van der Waals surface area (Å²) in [5.41, 5.74) is -2.80. The number of aliphatic hydroxyl groups excluding tert-OH is 1. The number of fused-ring (bicyclic) bond motifs is 1. The van der Waals surface area contributed by atoms with Gasteiger partial charge in [0.25, 0.3) is 0 Å². The number of piperazine rings is 1. The van der Waals surface area contributed by atoms with Gasteiger partial charge in [0, 0.05) is 37.4 Å². The highest BCUT2D eigenvalue weighted by Crippen LogP contribution is 2.40. The summed E-state index contributed by atoms with van der Waals surface area (Å²) in [6, 6.07) is -0.378. The molecular weight excluding hydrogens is 459 g/mol. The number of nitrogens with one attached hydrogen (secondary N) is 1. The first kappa shape index (κ1) is 25.5. The molecule has 4 N–H and O–H groups in total. The summed E-state index contributed by atoms with van der Waals surface area (Å²) in [5, 5.41) is 27.4. The van der Waals surface area contributed by atoms with Gasteiger partial charge in [0.1, 0.15) is 17.4 Å². The fraction of sp³-hybridized carbons (Fsp3) is 0.500. The number of pyridine rings is 1. The van der Waals surface area contributed by atoms with Crippen LogP contribution in [0.3, 0.4) is 0 Å². The van der Waals surface area contributed by atoms with E-state index in [-0.39, 0.29) is 36.7 Å². The fourth-order valence-electron chi connectivity index (χ4n) is 4.06. The Morgan fingerprint density at radius 3 is 2.03 bits per heavy atom. The van der Waals surface area contributed by atoms with Gasteiger partial charge >= 0.3 is 11.9 Å². The predicted octanol–water partition coefficient (Wildman–Crippen LogP) is 2.09. The van der Waals surface area contributed by atoms with Crippen LogP contribution in [0.1, 0.15) is 50.0 Å². The zero-order valence-corrected chi connectivity index (χ0v) is 18.8. The third-order valence-electron chi connectivity index (χ3n) is 5.67. The van der Waals surface area contributed by atoms with Gasteiger partial charge < -0.3 is 30.1 Å². The van der Waals surface area contributed by atoms with Gasteiger partial charge in [-0.2, -0.15) is 0 Å². The van der Waals surface area contributed by atoms with Crippen LogP contribution in [0.5, 0.6) is 0 Å². The van der Waals surface area contributed by atoms with Crippen molar-refractivity contribution < 1.29 is 38.1 Å². The highest BCUT2D eigenvalue weighted by molar-refractivity contribution is 5.94. The van der Waals surface area contributed by atoms with E-state index >= 15 is 4.39 Å². The average molecular weight is 485 g/mol. The summed E-state index contributed by atoms with van der Waals surface area (Å²) < 4.78 is 46.7. The summed E-state index contributed by atoms with van der Waals surface area (Å²) in [6.45, 7) is 5.45. The number of aromatic carboxylic acids is 1. The fourth-order valence-corrected chi connectivity index (χ4v) is 4.06. The minimum atomic E-state index is -1.56. The molecule has 0 spiro atoms. The van der Waals surface area contributed by atoms with Crippen LogP contribution >= 0.6 is 0 Å². The summed E-state index contributed by atoms with van der Waals surface area (Å²) in [4.78, 5) is 34.8. The Balaban J connectivity index is 0.000000481. The minimum absolute atomic E-state index is 0.0682. The maximum atomic E-state index is 15.5. The van der Waals surface area contributed by atoms with E-state index in [1.807, 2.05) is 13.8 Å². The molecule has 0 bridgehead atoms. The molecule has 2 aromatic rings. The van der Waals surface area contributed by atoms with E-state index in [0.29, 0.717) is 12.8 Å². The SMILES string of the molecule is CC(O)C(=O)O.C[C@@H]1CN(c2c(F)c(F)c3c(=O)c(C(=O)O)cn(C4CC4)c3c2F)C[C@H](C)N1. The van der Waals surface area contributed by atoms with Gasteiger partial charge in [-0.25, -0.2) is 22.8 Å². The number of carboxylic acid groups (broad SMARTS) is 2. The van der Waals surface area contributed by atoms with E-state index in [1.165, 1.54) is 16.4 Å². The van der Waals surface area contributed by atoms with Gasteiger partial charge in [0.2, 0.25) is 5.43 Å². The number of anilines is 1. The van der Waals surface area contributed by atoms with Crippen LogP contribution in [0.2, 0.25) is 0 Å². The van der Waals surface area contributed by atoms with E-state index < -0.39 is 57.6 Å². The monoisotopic (exact) mass is 485 g/mol.